The van der Waals surface area contributed by atoms with Crippen LogP contribution in [0.5, 0.6) is 0 Å². The van der Waals surface area contributed by atoms with Crippen molar-refractivity contribution < 1.29 is 14.7 Å². The average Bonchev–Trinajstić information content (AvgIpc) is 2.97. The molecule has 0 fully saturated rings. The van der Waals surface area contributed by atoms with E-state index in [9.17, 15) is 9.59 Å². The predicted molar refractivity (Wildman–Crippen MR) is 81.4 cm³/mol. The third-order valence-electron chi connectivity index (χ3n) is 2.86. The molecule has 1 amide bonds. The van der Waals surface area contributed by atoms with Gasteiger partial charge in [-0.25, -0.2) is 4.98 Å². The Bertz CT molecular complexity index is 610. The van der Waals surface area contributed by atoms with Gasteiger partial charge in [0.1, 0.15) is 10.7 Å². The number of nitrogens with one attached hydrogen (secondary N) is 1. The molecule has 0 aliphatic heterocycles. The largest absolute Gasteiger partial charge is 0.481 e. The van der Waals surface area contributed by atoms with Gasteiger partial charge in [-0.15, -0.1) is 11.3 Å². The molecule has 0 atom stereocenters. The highest BCUT2D eigenvalue weighted by Gasteiger charge is 2.11. The van der Waals surface area contributed by atoms with E-state index < -0.39 is 5.97 Å². The maximum absolute atomic E-state index is 11.9. The van der Waals surface area contributed by atoms with Crippen molar-refractivity contribution in [2.24, 2.45) is 0 Å². The van der Waals surface area contributed by atoms with Crippen LogP contribution < -0.4 is 5.32 Å². The number of aromatic nitrogens is 1. The second kappa shape index (κ2) is 7.54. The molecule has 0 spiro atoms. The Morgan fingerprint density at radius 1 is 1.19 bits per heavy atom. The molecule has 2 N–H and O–H groups in total. The first-order chi connectivity index (χ1) is 10.2. The summed E-state index contributed by atoms with van der Waals surface area (Å²) in [5, 5.41) is 13.8. The van der Waals surface area contributed by atoms with Crippen LogP contribution in [0.3, 0.4) is 0 Å². The molecule has 0 aliphatic carbocycles. The average molecular weight is 304 g/mol. The van der Waals surface area contributed by atoms with Gasteiger partial charge in [0.05, 0.1) is 0 Å². The molecule has 21 heavy (non-hydrogen) atoms. The van der Waals surface area contributed by atoms with Gasteiger partial charge in [0, 0.05) is 23.9 Å². The Morgan fingerprint density at radius 3 is 2.67 bits per heavy atom. The van der Waals surface area contributed by atoms with Crippen molar-refractivity contribution in [1.82, 2.24) is 10.3 Å². The molecule has 1 aromatic heterocycles. The number of thiazole rings is 1. The topological polar surface area (TPSA) is 79.3 Å². The highest BCUT2D eigenvalue weighted by Crippen LogP contribution is 2.23. The van der Waals surface area contributed by atoms with E-state index in [1.54, 1.807) is 5.38 Å². The van der Waals surface area contributed by atoms with Crippen LogP contribution in [0.15, 0.2) is 35.7 Å². The van der Waals surface area contributed by atoms with Crippen molar-refractivity contribution in [1.29, 1.82) is 0 Å². The van der Waals surface area contributed by atoms with Crippen molar-refractivity contribution >= 4 is 23.2 Å². The molecule has 5 nitrogen and oxygen atoms in total. The zero-order chi connectivity index (χ0) is 15.1. The predicted octanol–water partition coefficient (Wildman–Crippen LogP) is 2.79. The van der Waals surface area contributed by atoms with E-state index in [-0.39, 0.29) is 12.3 Å². The van der Waals surface area contributed by atoms with Crippen LogP contribution in [0.1, 0.15) is 29.8 Å². The van der Waals surface area contributed by atoms with Gasteiger partial charge in [-0.2, -0.15) is 0 Å². The third-order valence-corrected chi connectivity index (χ3v) is 3.75. The molecule has 2 aromatic rings. The number of rotatable bonds is 7. The SMILES string of the molecule is O=C(O)CCCCNC(=O)c1csc(-c2ccccc2)n1. The third kappa shape index (κ3) is 4.68. The van der Waals surface area contributed by atoms with E-state index in [0.29, 0.717) is 25.1 Å². The summed E-state index contributed by atoms with van der Waals surface area (Å²) in [6, 6.07) is 9.69. The fourth-order valence-corrected chi connectivity index (χ4v) is 2.59. The summed E-state index contributed by atoms with van der Waals surface area (Å²) in [7, 11) is 0. The monoisotopic (exact) mass is 304 g/mol. The number of aliphatic carboxylic acids is 1. The number of carboxylic acids is 1. The normalized spacial score (nSPS) is 10.3. The van der Waals surface area contributed by atoms with Crippen LogP contribution in [0.25, 0.3) is 10.6 Å². The van der Waals surface area contributed by atoms with E-state index in [4.69, 9.17) is 5.11 Å². The summed E-state index contributed by atoms with van der Waals surface area (Å²) in [4.78, 5) is 26.6. The van der Waals surface area contributed by atoms with Gasteiger partial charge >= 0.3 is 5.97 Å². The van der Waals surface area contributed by atoms with E-state index in [1.807, 2.05) is 30.3 Å². The molecular formula is C15H16N2O3S. The molecule has 0 saturated heterocycles. The van der Waals surface area contributed by atoms with E-state index in [0.717, 1.165) is 10.6 Å². The summed E-state index contributed by atoms with van der Waals surface area (Å²) in [6.45, 7) is 0.463. The van der Waals surface area contributed by atoms with Gasteiger partial charge in [0.2, 0.25) is 0 Å². The maximum atomic E-state index is 11.9. The van der Waals surface area contributed by atoms with Crippen LogP contribution in [-0.2, 0) is 4.79 Å². The Hall–Kier alpha value is -2.21. The van der Waals surface area contributed by atoms with Gasteiger partial charge in [0.15, 0.2) is 0 Å². The molecule has 0 bridgehead atoms. The maximum Gasteiger partial charge on any atom is 0.303 e. The van der Waals surface area contributed by atoms with Gasteiger partial charge in [-0.05, 0) is 12.8 Å². The summed E-state index contributed by atoms with van der Waals surface area (Å²) in [6.07, 6.45) is 1.33. The van der Waals surface area contributed by atoms with Crippen LogP contribution in [0, 0.1) is 0 Å². The number of hydrogen-bond donors (Lipinski definition) is 2. The second-order valence-corrected chi connectivity index (χ2v) is 5.37. The number of carbonyl (C=O) groups is 2. The molecule has 1 aromatic carbocycles. The second-order valence-electron chi connectivity index (χ2n) is 4.51. The van der Waals surface area contributed by atoms with E-state index in [1.165, 1.54) is 11.3 Å². The van der Waals surface area contributed by atoms with Crippen LogP contribution in [0.4, 0.5) is 0 Å². The Morgan fingerprint density at radius 2 is 1.95 bits per heavy atom. The van der Waals surface area contributed by atoms with Crippen LogP contribution in [0.2, 0.25) is 0 Å². The summed E-state index contributed by atoms with van der Waals surface area (Å²) < 4.78 is 0. The minimum absolute atomic E-state index is 0.130. The van der Waals surface area contributed by atoms with Crippen molar-refractivity contribution in [3.63, 3.8) is 0 Å². The van der Waals surface area contributed by atoms with Gasteiger partial charge < -0.3 is 10.4 Å². The molecule has 1 heterocycles. The lowest BCUT2D eigenvalue weighted by atomic mass is 10.2. The Balaban J connectivity index is 1.84. The fraction of sp³-hybridized carbons (Fsp3) is 0.267. The smallest absolute Gasteiger partial charge is 0.303 e. The number of hydrogen-bond acceptors (Lipinski definition) is 4. The molecular weight excluding hydrogens is 288 g/mol. The number of unbranched alkanes of at least 4 members (excludes halogenated alkanes) is 1. The number of nitrogens with zero attached hydrogens (tertiary/aromatic N) is 1. The lowest BCUT2D eigenvalue weighted by Crippen LogP contribution is -2.24. The number of amides is 1. The summed E-state index contributed by atoms with van der Waals surface area (Å²) in [5.41, 5.74) is 1.39. The first-order valence-corrected chi connectivity index (χ1v) is 7.56. The number of carboxylic acid groups (broad SMARTS) is 1. The van der Waals surface area contributed by atoms with Gasteiger partial charge in [-0.1, -0.05) is 30.3 Å². The zero-order valence-electron chi connectivity index (χ0n) is 11.4. The molecule has 6 heteroatoms. The van der Waals surface area contributed by atoms with Crippen LogP contribution >= 0.6 is 11.3 Å². The zero-order valence-corrected chi connectivity index (χ0v) is 12.2. The van der Waals surface area contributed by atoms with Crippen molar-refractivity contribution in [2.45, 2.75) is 19.3 Å². The lowest BCUT2D eigenvalue weighted by molar-refractivity contribution is -0.137. The number of benzene rings is 1. The van der Waals surface area contributed by atoms with Crippen molar-refractivity contribution in [3.8, 4) is 10.6 Å². The first-order valence-electron chi connectivity index (χ1n) is 6.68. The fourth-order valence-electron chi connectivity index (χ4n) is 1.79. The van der Waals surface area contributed by atoms with Crippen LogP contribution in [-0.4, -0.2) is 28.5 Å². The Labute approximate surface area is 126 Å². The van der Waals surface area contributed by atoms with E-state index in [2.05, 4.69) is 10.3 Å². The first kappa shape index (κ1) is 15.2. The molecule has 2 rings (SSSR count). The molecule has 0 aliphatic rings. The standard InChI is InChI=1S/C15H16N2O3S/c18-13(19)8-4-5-9-16-14(20)12-10-21-15(17-12)11-6-2-1-3-7-11/h1-3,6-7,10H,4-5,8-9H2,(H,16,20)(H,18,19). The minimum Gasteiger partial charge on any atom is -0.481 e. The Kier molecular flexibility index (Phi) is 5.45. The van der Waals surface area contributed by atoms with Gasteiger partial charge in [0.25, 0.3) is 5.91 Å². The highest BCUT2D eigenvalue weighted by molar-refractivity contribution is 7.13. The highest BCUT2D eigenvalue weighted by atomic mass is 32.1. The summed E-state index contributed by atoms with van der Waals surface area (Å²) >= 11 is 1.43. The molecule has 0 saturated carbocycles. The molecule has 0 radical (unpaired) electrons. The molecule has 110 valence electrons. The minimum atomic E-state index is -0.812. The van der Waals surface area contributed by atoms with E-state index >= 15 is 0 Å². The number of carbonyl (C=O) groups excluding carboxylic acids is 1. The van der Waals surface area contributed by atoms with Crippen molar-refractivity contribution in [3.05, 3.63) is 41.4 Å². The summed E-state index contributed by atoms with van der Waals surface area (Å²) in [5.74, 6) is -1.03. The lowest BCUT2D eigenvalue weighted by Gasteiger charge is -2.01. The van der Waals surface area contributed by atoms with Crippen molar-refractivity contribution in [2.75, 3.05) is 6.54 Å². The van der Waals surface area contributed by atoms with Gasteiger partial charge in [-0.3, -0.25) is 9.59 Å². The quantitative estimate of drug-likeness (QED) is 0.771. The molecule has 0 unspecified atom stereocenters.